The zero-order valence-corrected chi connectivity index (χ0v) is 6.39. The zero-order valence-electron chi connectivity index (χ0n) is 6.39. The maximum absolute atomic E-state index is 9.33. The average molecular weight is 152 g/mol. The molecule has 0 rings (SSSR count). The molecule has 0 unspecified atom stereocenters. The Bertz CT molecular complexity index is 67.7. The maximum atomic E-state index is 9.33. The Kier molecular flexibility index (Phi) is 36.1. The molecule has 4 nitrogen and oxygen atoms in total. The van der Waals surface area contributed by atoms with Gasteiger partial charge in [0.25, 0.3) is 0 Å². The minimum atomic E-state index is -0.0833. The fourth-order valence-electron chi connectivity index (χ4n) is 0. The fourth-order valence-corrected chi connectivity index (χ4v) is 0. The van der Waals surface area contributed by atoms with Crippen LogP contribution < -0.4 is 10.2 Å². The summed E-state index contributed by atoms with van der Waals surface area (Å²) in [5.41, 5.74) is 0. The van der Waals surface area contributed by atoms with Crippen LogP contribution in [0, 0.1) is 0 Å². The van der Waals surface area contributed by atoms with E-state index in [2.05, 4.69) is 13.2 Å². The van der Waals surface area contributed by atoms with Crippen molar-refractivity contribution in [2.45, 2.75) is 13.8 Å². The van der Waals surface area contributed by atoms with E-state index in [1.165, 1.54) is 13.8 Å². The Labute approximate surface area is 60.7 Å². The second-order valence-electron chi connectivity index (χ2n) is 1.40. The highest BCUT2D eigenvalue weighted by Gasteiger charge is 1.36. The van der Waals surface area contributed by atoms with Crippen LogP contribution in [0.2, 0.25) is 0 Å². The molecule has 0 atom stereocenters. The monoisotopic (exact) mass is 152 g/mol. The lowest BCUT2D eigenvalue weighted by Gasteiger charge is -1.92. The smallest absolute Gasteiger partial charge is 0.0549 e. The van der Waals surface area contributed by atoms with Gasteiger partial charge in [-0.3, -0.25) is 0 Å². The van der Waals surface area contributed by atoms with Gasteiger partial charge < -0.3 is 21.2 Å². The standard InChI is InChI=1S/2C3H6O.2H2O/c2*1-3(2)4;;/h2*4H,1H2,2H3;2*1H2. The van der Waals surface area contributed by atoms with Gasteiger partial charge in [-0.15, -0.1) is 24.7 Å². The summed E-state index contributed by atoms with van der Waals surface area (Å²) < 4.78 is 0. The molecule has 4 heteroatoms. The van der Waals surface area contributed by atoms with Crippen LogP contribution in [0.15, 0.2) is 24.7 Å². The van der Waals surface area contributed by atoms with Gasteiger partial charge in [0.2, 0.25) is 0 Å². The molecule has 0 aromatic rings. The summed E-state index contributed by atoms with van der Waals surface area (Å²) in [6.45, 7) is 8.83. The molecule has 0 amide bonds. The third kappa shape index (κ3) is 252. The van der Waals surface area contributed by atoms with Crippen LogP contribution in [-0.4, -0.2) is 0 Å². The van der Waals surface area contributed by atoms with Crippen LogP contribution in [0.4, 0.5) is 0 Å². The van der Waals surface area contributed by atoms with E-state index in [0.29, 0.717) is 0 Å². The Morgan fingerprint density at radius 1 is 0.900 bits per heavy atom. The quantitative estimate of drug-likeness (QED) is 0.293. The van der Waals surface area contributed by atoms with E-state index in [9.17, 15) is 10.2 Å². The molecular weight excluding hydrogens is 136 g/mol. The number of rotatable bonds is 0. The number of allylic oxidation sites excluding steroid dienone is 2. The zero-order chi connectivity index (χ0) is 7.15. The molecule has 0 saturated carbocycles. The highest BCUT2D eigenvalue weighted by Crippen LogP contribution is 1.58. The molecule has 0 aliphatic carbocycles. The predicted molar refractivity (Wildman–Crippen MR) is 39.4 cm³/mol. The van der Waals surface area contributed by atoms with Crippen LogP contribution in [0.5, 0.6) is 0 Å². The van der Waals surface area contributed by atoms with Gasteiger partial charge in [-0.25, -0.2) is 0 Å². The van der Waals surface area contributed by atoms with Gasteiger partial charge in [0.05, 0.1) is 0 Å². The van der Waals surface area contributed by atoms with Gasteiger partial charge in [-0.05, 0) is 0 Å². The third-order valence-corrected chi connectivity index (χ3v) is 0. The third-order valence-electron chi connectivity index (χ3n) is 0. The predicted octanol–water partition coefficient (Wildman–Crippen LogP) is -2.08. The van der Waals surface area contributed by atoms with Crippen molar-refractivity contribution in [3.05, 3.63) is 24.7 Å². The van der Waals surface area contributed by atoms with Crippen molar-refractivity contribution >= 4 is 0 Å². The van der Waals surface area contributed by atoms with E-state index in [1.54, 1.807) is 0 Å². The first-order valence-corrected chi connectivity index (χ1v) is 2.12. The van der Waals surface area contributed by atoms with Gasteiger partial charge in [-0.1, -0.05) is 13.8 Å². The van der Waals surface area contributed by atoms with E-state index < -0.39 is 0 Å². The first-order chi connectivity index (χ1) is 3.46. The van der Waals surface area contributed by atoms with Crippen molar-refractivity contribution in [1.82, 2.24) is 0 Å². The second-order valence-corrected chi connectivity index (χ2v) is 1.40. The molecule has 0 aromatic heterocycles. The van der Waals surface area contributed by atoms with Crippen molar-refractivity contribution in [3.63, 3.8) is 0 Å². The summed E-state index contributed by atoms with van der Waals surface area (Å²) in [7, 11) is 0. The van der Waals surface area contributed by atoms with E-state index >= 15 is 0 Å². The summed E-state index contributed by atoms with van der Waals surface area (Å²) in [5, 5.41) is 18.7. The first kappa shape index (κ1) is 23.0. The van der Waals surface area contributed by atoms with Crippen molar-refractivity contribution in [2.75, 3.05) is 0 Å². The van der Waals surface area contributed by atoms with Crippen molar-refractivity contribution < 1.29 is 21.2 Å². The second kappa shape index (κ2) is 15.7. The van der Waals surface area contributed by atoms with Crippen LogP contribution in [0.3, 0.4) is 0 Å². The van der Waals surface area contributed by atoms with Crippen LogP contribution in [0.25, 0.3) is 0 Å². The maximum Gasteiger partial charge on any atom is -0.0549 e. The summed E-state index contributed by atoms with van der Waals surface area (Å²) >= 11 is 0. The molecule has 0 heterocycles. The Morgan fingerprint density at radius 3 is 0.900 bits per heavy atom. The summed E-state index contributed by atoms with van der Waals surface area (Å²) in [6, 6.07) is 0. The molecule has 0 bridgehead atoms. The lowest BCUT2D eigenvalue weighted by molar-refractivity contribution is -0.301. The first-order valence-electron chi connectivity index (χ1n) is 2.12. The van der Waals surface area contributed by atoms with E-state index in [0.717, 1.165) is 0 Å². The SMILES string of the molecule is C=C(C)[O-].C=C(C)[O-].[OH3+].[OH3+]. The molecule has 0 aliphatic heterocycles. The molecule has 64 valence electrons. The molecule has 0 radical (unpaired) electrons. The van der Waals surface area contributed by atoms with Crippen molar-refractivity contribution in [1.29, 1.82) is 0 Å². The van der Waals surface area contributed by atoms with E-state index in [1.807, 2.05) is 0 Å². The Balaban J connectivity index is -0.0000000300. The highest BCUT2D eigenvalue weighted by molar-refractivity contribution is 4.64. The topological polar surface area (TPSA) is 112 Å². The molecule has 10 heavy (non-hydrogen) atoms. The van der Waals surface area contributed by atoms with Crippen LogP contribution in [0.1, 0.15) is 13.8 Å². The summed E-state index contributed by atoms with van der Waals surface area (Å²) in [4.78, 5) is 0. The molecule has 0 fully saturated rings. The van der Waals surface area contributed by atoms with Crippen molar-refractivity contribution in [2.24, 2.45) is 0 Å². The summed E-state index contributed by atoms with van der Waals surface area (Å²) in [5.74, 6) is -0.167. The highest BCUT2D eigenvalue weighted by atomic mass is 16.3. The Morgan fingerprint density at radius 2 is 0.900 bits per heavy atom. The van der Waals surface area contributed by atoms with E-state index in [-0.39, 0.29) is 22.5 Å². The van der Waals surface area contributed by atoms with Gasteiger partial charge in [-0.2, -0.15) is 0 Å². The number of hydrogen-bond donors (Lipinski definition) is 0. The number of hydrogen-bond acceptors (Lipinski definition) is 2. The van der Waals surface area contributed by atoms with Crippen LogP contribution >= 0.6 is 0 Å². The molecule has 0 spiro atoms. The Hall–Kier alpha value is -1.00. The average Bonchev–Trinajstić information content (AvgIpc) is 1.25. The van der Waals surface area contributed by atoms with Gasteiger partial charge >= 0.3 is 0 Å². The fraction of sp³-hybridized carbons (Fsp3) is 0.333. The summed E-state index contributed by atoms with van der Waals surface area (Å²) in [6.07, 6.45) is 0. The minimum Gasteiger partial charge on any atom is -0.876 e. The molecule has 6 N–H and O–H groups in total. The lowest BCUT2D eigenvalue weighted by atomic mass is 10.7. The molecule has 0 saturated heterocycles. The largest absolute Gasteiger partial charge is 0.876 e. The van der Waals surface area contributed by atoms with Crippen molar-refractivity contribution in [3.8, 4) is 0 Å². The van der Waals surface area contributed by atoms with Gasteiger partial charge in [0.1, 0.15) is 0 Å². The van der Waals surface area contributed by atoms with E-state index in [4.69, 9.17) is 0 Å². The molecule has 0 aromatic carbocycles. The van der Waals surface area contributed by atoms with Crippen LogP contribution in [-0.2, 0) is 11.0 Å². The molecular formula is C6H16O4. The molecule has 0 aliphatic rings. The normalized spacial score (nSPS) is 5.00. The van der Waals surface area contributed by atoms with Gasteiger partial charge in [0, 0.05) is 0 Å². The minimum absolute atomic E-state index is 0. The lowest BCUT2D eigenvalue weighted by Crippen LogP contribution is -1.93. The van der Waals surface area contributed by atoms with Gasteiger partial charge in [0.15, 0.2) is 0 Å².